The molecular weight excluding hydrogens is 264 g/mol. The maximum Gasteiger partial charge on any atom is 0.248 e. The van der Waals surface area contributed by atoms with Crippen molar-refractivity contribution in [2.24, 2.45) is 11.8 Å². The number of carbonyl (C=O) groups is 2. The van der Waals surface area contributed by atoms with Gasteiger partial charge in [0.1, 0.15) is 11.6 Å². The van der Waals surface area contributed by atoms with Crippen molar-refractivity contribution in [3.05, 3.63) is 0 Å². The van der Waals surface area contributed by atoms with Crippen LogP contribution in [0.3, 0.4) is 0 Å². The SMILES string of the molecule is CCCC(C)CN1C(=O)C(C)(CC)NC(=O)C1CC(C)C. The van der Waals surface area contributed by atoms with Crippen LogP contribution >= 0.6 is 0 Å². The maximum absolute atomic E-state index is 12.9. The Morgan fingerprint density at radius 1 is 1.24 bits per heavy atom. The molecule has 1 N–H and O–H groups in total. The van der Waals surface area contributed by atoms with Crippen molar-refractivity contribution in [3.8, 4) is 0 Å². The van der Waals surface area contributed by atoms with E-state index in [9.17, 15) is 9.59 Å². The third kappa shape index (κ3) is 4.21. The molecule has 1 aliphatic heterocycles. The molecule has 4 nitrogen and oxygen atoms in total. The van der Waals surface area contributed by atoms with Crippen molar-refractivity contribution in [1.29, 1.82) is 0 Å². The highest BCUT2D eigenvalue weighted by Crippen LogP contribution is 2.26. The number of hydrogen-bond donors (Lipinski definition) is 1. The van der Waals surface area contributed by atoms with E-state index in [-0.39, 0.29) is 17.9 Å². The van der Waals surface area contributed by atoms with Gasteiger partial charge >= 0.3 is 0 Å². The fourth-order valence-corrected chi connectivity index (χ4v) is 3.06. The van der Waals surface area contributed by atoms with Crippen LogP contribution in [0.1, 0.15) is 67.2 Å². The molecule has 0 saturated carbocycles. The highest BCUT2D eigenvalue weighted by atomic mass is 16.2. The number of nitrogens with zero attached hydrogens (tertiary/aromatic N) is 1. The zero-order valence-corrected chi connectivity index (χ0v) is 14.5. The molecule has 1 fully saturated rings. The summed E-state index contributed by atoms with van der Waals surface area (Å²) in [6.07, 6.45) is 3.55. The predicted molar refractivity (Wildman–Crippen MR) is 85.9 cm³/mol. The van der Waals surface area contributed by atoms with Gasteiger partial charge in [-0.3, -0.25) is 9.59 Å². The summed E-state index contributed by atoms with van der Waals surface area (Å²) in [5.74, 6) is 0.915. The van der Waals surface area contributed by atoms with Gasteiger partial charge in [-0.1, -0.05) is 41.0 Å². The minimum atomic E-state index is -0.740. The number of rotatable bonds is 7. The molecule has 0 radical (unpaired) electrons. The Hall–Kier alpha value is -1.06. The molecule has 0 spiro atoms. The van der Waals surface area contributed by atoms with Gasteiger partial charge in [0.15, 0.2) is 0 Å². The highest BCUT2D eigenvalue weighted by molar-refractivity contribution is 5.99. The summed E-state index contributed by atoms with van der Waals surface area (Å²) in [5.41, 5.74) is -0.740. The summed E-state index contributed by atoms with van der Waals surface area (Å²) in [6.45, 7) is 13.0. The number of piperazine rings is 1. The molecule has 0 bridgehead atoms. The molecule has 0 aromatic rings. The highest BCUT2D eigenvalue weighted by Gasteiger charge is 2.47. The molecule has 3 unspecified atom stereocenters. The van der Waals surface area contributed by atoms with Gasteiger partial charge in [0.05, 0.1) is 0 Å². The molecule has 0 aliphatic carbocycles. The largest absolute Gasteiger partial charge is 0.340 e. The molecule has 1 saturated heterocycles. The number of hydrogen-bond acceptors (Lipinski definition) is 2. The zero-order valence-electron chi connectivity index (χ0n) is 14.5. The van der Waals surface area contributed by atoms with Crippen molar-refractivity contribution < 1.29 is 9.59 Å². The van der Waals surface area contributed by atoms with Crippen molar-refractivity contribution in [3.63, 3.8) is 0 Å². The van der Waals surface area contributed by atoms with Crippen LogP contribution in [0.15, 0.2) is 0 Å². The van der Waals surface area contributed by atoms with Gasteiger partial charge in [-0.05, 0) is 38.0 Å². The lowest BCUT2D eigenvalue weighted by Crippen LogP contribution is -2.69. The molecule has 21 heavy (non-hydrogen) atoms. The van der Waals surface area contributed by atoms with Crippen LogP contribution in [-0.2, 0) is 9.59 Å². The van der Waals surface area contributed by atoms with Gasteiger partial charge < -0.3 is 10.2 Å². The van der Waals surface area contributed by atoms with Gasteiger partial charge in [-0.15, -0.1) is 0 Å². The molecule has 0 aromatic heterocycles. The minimum absolute atomic E-state index is 0.0105. The minimum Gasteiger partial charge on any atom is -0.340 e. The quantitative estimate of drug-likeness (QED) is 0.785. The van der Waals surface area contributed by atoms with Crippen molar-refractivity contribution >= 4 is 11.8 Å². The van der Waals surface area contributed by atoms with Gasteiger partial charge in [0, 0.05) is 6.54 Å². The monoisotopic (exact) mass is 296 g/mol. The average molecular weight is 296 g/mol. The molecule has 1 rings (SSSR count). The second-order valence-corrected chi connectivity index (χ2v) is 7.17. The van der Waals surface area contributed by atoms with Crippen molar-refractivity contribution in [2.75, 3.05) is 6.54 Å². The van der Waals surface area contributed by atoms with Crippen molar-refractivity contribution in [1.82, 2.24) is 10.2 Å². The van der Waals surface area contributed by atoms with Gasteiger partial charge in [-0.2, -0.15) is 0 Å². The Balaban J connectivity index is 3.00. The lowest BCUT2D eigenvalue weighted by Gasteiger charge is -2.45. The normalized spacial score (nSPS) is 28.0. The topological polar surface area (TPSA) is 49.4 Å². The van der Waals surface area contributed by atoms with Crippen LogP contribution in [0, 0.1) is 11.8 Å². The Kier molecular flexibility index (Phi) is 6.24. The van der Waals surface area contributed by atoms with Crippen LogP contribution in [0.25, 0.3) is 0 Å². The van der Waals surface area contributed by atoms with E-state index in [0.29, 0.717) is 24.8 Å². The Morgan fingerprint density at radius 2 is 1.86 bits per heavy atom. The van der Waals surface area contributed by atoms with Gasteiger partial charge in [0.2, 0.25) is 11.8 Å². The van der Waals surface area contributed by atoms with Crippen LogP contribution in [0.5, 0.6) is 0 Å². The van der Waals surface area contributed by atoms with Crippen molar-refractivity contribution in [2.45, 2.75) is 78.8 Å². The van der Waals surface area contributed by atoms with Crippen LogP contribution in [0.2, 0.25) is 0 Å². The molecule has 122 valence electrons. The van der Waals surface area contributed by atoms with Crippen LogP contribution in [-0.4, -0.2) is 34.8 Å². The second kappa shape index (κ2) is 7.28. The number of carbonyl (C=O) groups excluding carboxylic acids is 2. The standard InChI is InChI=1S/C17H32N2O2/c1-7-9-13(5)11-19-14(10-12(3)4)15(20)18-17(6,8-2)16(19)21/h12-14H,7-11H2,1-6H3,(H,18,20). The lowest BCUT2D eigenvalue weighted by molar-refractivity contribution is -0.155. The molecule has 2 amide bonds. The summed E-state index contributed by atoms with van der Waals surface area (Å²) in [5, 5.41) is 2.95. The first-order valence-corrected chi connectivity index (χ1v) is 8.38. The third-order valence-corrected chi connectivity index (χ3v) is 4.50. The van der Waals surface area contributed by atoms with Gasteiger partial charge in [-0.25, -0.2) is 0 Å². The summed E-state index contributed by atoms with van der Waals surface area (Å²) in [4.78, 5) is 27.2. The fraction of sp³-hybridized carbons (Fsp3) is 0.882. The summed E-state index contributed by atoms with van der Waals surface area (Å²) in [7, 11) is 0. The Morgan fingerprint density at radius 3 is 2.33 bits per heavy atom. The fourth-order valence-electron chi connectivity index (χ4n) is 3.06. The predicted octanol–water partition coefficient (Wildman–Crippen LogP) is 2.96. The Bertz CT molecular complexity index is 381. The zero-order chi connectivity index (χ0) is 16.2. The third-order valence-electron chi connectivity index (χ3n) is 4.50. The average Bonchev–Trinajstić information content (AvgIpc) is 2.40. The first-order valence-electron chi connectivity index (χ1n) is 8.38. The first-order chi connectivity index (χ1) is 9.75. The Labute approximate surface area is 129 Å². The smallest absolute Gasteiger partial charge is 0.248 e. The summed E-state index contributed by atoms with van der Waals surface area (Å²) in [6, 6.07) is -0.309. The van der Waals surface area contributed by atoms with E-state index >= 15 is 0 Å². The van der Waals surface area contributed by atoms with Crippen LogP contribution in [0.4, 0.5) is 0 Å². The van der Waals surface area contributed by atoms with E-state index in [1.807, 2.05) is 18.7 Å². The maximum atomic E-state index is 12.9. The van der Waals surface area contributed by atoms with E-state index in [1.165, 1.54) is 0 Å². The lowest BCUT2D eigenvalue weighted by atomic mass is 9.88. The molecule has 0 aromatic carbocycles. The summed E-state index contributed by atoms with van der Waals surface area (Å²) < 4.78 is 0. The second-order valence-electron chi connectivity index (χ2n) is 7.17. The van der Waals surface area contributed by atoms with Crippen LogP contribution < -0.4 is 5.32 Å². The molecule has 4 heteroatoms. The van der Waals surface area contributed by atoms with E-state index < -0.39 is 5.54 Å². The number of nitrogens with one attached hydrogen (secondary N) is 1. The van der Waals surface area contributed by atoms with E-state index in [4.69, 9.17) is 0 Å². The molecular formula is C17H32N2O2. The molecule has 1 aliphatic rings. The van der Waals surface area contributed by atoms with E-state index in [1.54, 1.807) is 0 Å². The van der Waals surface area contributed by atoms with E-state index in [2.05, 4.69) is 33.0 Å². The molecule has 1 heterocycles. The molecule has 3 atom stereocenters. The first kappa shape index (κ1) is 18.0. The summed E-state index contributed by atoms with van der Waals surface area (Å²) >= 11 is 0. The van der Waals surface area contributed by atoms with E-state index in [0.717, 1.165) is 19.3 Å². The van der Waals surface area contributed by atoms with Gasteiger partial charge in [0.25, 0.3) is 0 Å². The number of amides is 2.